The summed E-state index contributed by atoms with van der Waals surface area (Å²) in [5, 5.41) is 2.85. The molecule has 1 atom stereocenters. The summed E-state index contributed by atoms with van der Waals surface area (Å²) in [5.41, 5.74) is 2.12. The molecule has 0 fully saturated rings. The van der Waals surface area contributed by atoms with Crippen molar-refractivity contribution < 1.29 is 22.7 Å². The first-order valence-corrected chi connectivity index (χ1v) is 13.8. The summed E-state index contributed by atoms with van der Waals surface area (Å²) in [5.74, 6) is -0.385. The number of aryl methyl sites for hydroxylation is 1. The summed E-state index contributed by atoms with van der Waals surface area (Å²) in [6.45, 7) is 6.91. The molecule has 3 aromatic rings. The first-order valence-electron chi connectivity index (χ1n) is 12.4. The maximum atomic E-state index is 13.9. The zero-order chi connectivity index (χ0) is 27.9. The first-order chi connectivity index (χ1) is 18.0. The van der Waals surface area contributed by atoms with Gasteiger partial charge in [-0.15, -0.1) is 0 Å². The Kier molecular flexibility index (Phi) is 9.52. The van der Waals surface area contributed by atoms with Gasteiger partial charge in [0.05, 0.1) is 17.7 Å². The number of hydrogen-bond donors (Lipinski definition) is 1. The Morgan fingerprint density at radius 1 is 0.921 bits per heavy atom. The third kappa shape index (κ3) is 7.13. The maximum Gasteiger partial charge on any atom is 0.264 e. The molecule has 0 unspecified atom stereocenters. The molecule has 0 saturated heterocycles. The van der Waals surface area contributed by atoms with E-state index in [1.54, 1.807) is 49.4 Å². The second-order valence-corrected chi connectivity index (χ2v) is 11.2. The van der Waals surface area contributed by atoms with E-state index in [2.05, 4.69) is 5.32 Å². The Morgan fingerprint density at radius 3 is 2.24 bits per heavy atom. The molecule has 0 aliphatic carbocycles. The molecule has 2 amide bonds. The number of carbonyl (C=O) groups is 2. The third-order valence-electron chi connectivity index (χ3n) is 5.99. The number of anilines is 1. The molecule has 0 aromatic heterocycles. The quantitative estimate of drug-likeness (QED) is 0.397. The number of ether oxygens (including phenoxy) is 1. The highest BCUT2D eigenvalue weighted by molar-refractivity contribution is 7.92. The molecule has 3 aromatic carbocycles. The Labute approximate surface area is 225 Å². The summed E-state index contributed by atoms with van der Waals surface area (Å²) in [4.78, 5) is 28.3. The second kappa shape index (κ2) is 12.6. The van der Waals surface area contributed by atoms with Crippen molar-refractivity contribution in [2.75, 3.05) is 18.0 Å². The lowest BCUT2D eigenvalue weighted by atomic mass is 10.1. The van der Waals surface area contributed by atoms with Gasteiger partial charge in [0.2, 0.25) is 11.8 Å². The Balaban J connectivity index is 2.04. The molecular formula is C29H35N3O5S. The predicted octanol–water partition coefficient (Wildman–Crippen LogP) is 4.14. The highest BCUT2D eigenvalue weighted by Crippen LogP contribution is 2.27. The molecule has 8 nitrogen and oxygen atoms in total. The molecule has 3 rings (SSSR count). The standard InChI is InChI=1S/C29H35N3O5S/c1-21(2)30-29(34)23(4)31(19-24-12-9-11-22(3)17-24)28(33)20-32(25-13-10-14-26(18-25)37-5)38(35,36)27-15-7-6-8-16-27/h6-18,21,23H,19-20H2,1-5H3,(H,30,34)/t23-/m1/s1. The van der Waals surface area contributed by atoms with Gasteiger partial charge in [-0.1, -0.05) is 54.1 Å². The minimum absolute atomic E-state index is 0.0476. The normalized spacial score (nSPS) is 12.1. The number of amides is 2. The first kappa shape index (κ1) is 28.7. The summed E-state index contributed by atoms with van der Waals surface area (Å²) in [6, 6.07) is 21.2. The summed E-state index contributed by atoms with van der Waals surface area (Å²) < 4.78 is 33.9. The zero-order valence-corrected chi connectivity index (χ0v) is 23.2. The van der Waals surface area contributed by atoms with Gasteiger partial charge in [-0.05, 0) is 57.5 Å². The highest BCUT2D eigenvalue weighted by atomic mass is 32.2. The van der Waals surface area contributed by atoms with Crippen LogP contribution in [0, 0.1) is 6.92 Å². The SMILES string of the molecule is COc1cccc(N(CC(=O)N(Cc2cccc(C)c2)[C@H](C)C(=O)NC(C)C)S(=O)(=O)c2ccccc2)c1. The molecule has 9 heteroatoms. The predicted molar refractivity (Wildman–Crippen MR) is 148 cm³/mol. The van der Waals surface area contributed by atoms with Gasteiger partial charge >= 0.3 is 0 Å². The Bertz CT molecular complexity index is 1360. The number of nitrogens with one attached hydrogen (secondary N) is 1. The van der Waals surface area contributed by atoms with Crippen LogP contribution in [0.15, 0.2) is 83.8 Å². The molecular weight excluding hydrogens is 502 g/mol. The van der Waals surface area contributed by atoms with Crippen LogP contribution in [0.2, 0.25) is 0 Å². The van der Waals surface area contributed by atoms with Crippen LogP contribution >= 0.6 is 0 Å². The molecule has 0 heterocycles. The van der Waals surface area contributed by atoms with Gasteiger partial charge < -0.3 is 15.0 Å². The van der Waals surface area contributed by atoms with Crippen LogP contribution in [-0.2, 0) is 26.2 Å². The number of sulfonamides is 1. The largest absolute Gasteiger partial charge is 0.497 e. The van der Waals surface area contributed by atoms with Gasteiger partial charge in [-0.3, -0.25) is 13.9 Å². The van der Waals surface area contributed by atoms with E-state index >= 15 is 0 Å². The van der Waals surface area contributed by atoms with Crippen LogP contribution in [0.1, 0.15) is 31.9 Å². The number of benzene rings is 3. The van der Waals surface area contributed by atoms with E-state index in [-0.39, 0.29) is 29.1 Å². The van der Waals surface area contributed by atoms with Gasteiger partial charge in [-0.2, -0.15) is 0 Å². The van der Waals surface area contributed by atoms with E-state index in [0.717, 1.165) is 15.4 Å². The van der Waals surface area contributed by atoms with E-state index in [1.807, 2.05) is 45.0 Å². The topological polar surface area (TPSA) is 96.0 Å². The van der Waals surface area contributed by atoms with Crippen LogP contribution in [-0.4, -0.2) is 50.9 Å². The van der Waals surface area contributed by atoms with E-state index in [1.165, 1.54) is 24.1 Å². The van der Waals surface area contributed by atoms with E-state index in [0.29, 0.717) is 5.75 Å². The summed E-state index contributed by atoms with van der Waals surface area (Å²) >= 11 is 0. The lowest BCUT2D eigenvalue weighted by molar-refractivity contribution is -0.139. The number of rotatable bonds is 11. The number of hydrogen-bond acceptors (Lipinski definition) is 5. The van der Waals surface area contributed by atoms with Crippen molar-refractivity contribution in [1.82, 2.24) is 10.2 Å². The van der Waals surface area contributed by atoms with Crippen molar-refractivity contribution >= 4 is 27.5 Å². The molecule has 38 heavy (non-hydrogen) atoms. The second-order valence-electron chi connectivity index (χ2n) is 9.38. The van der Waals surface area contributed by atoms with Crippen molar-refractivity contribution in [3.8, 4) is 5.75 Å². The summed E-state index contributed by atoms with van der Waals surface area (Å²) in [6.07, 6.45) is 0. The van der Waals surface area contributed by atoms with Gasteiger partial charge in [-0.25, -0.2) is 8.42 Å². The van der Waals surface area contributed by atoms with Crippen molar-refractivity contribution in [1.29, 1.82) is 0 Å². The van der Waals surface area contributed by atoms with Crippen LogP contribution in [0.5, 0.6) is 5.75 Å². The maximum absolute atomic E-state index is 13.9. The van der Waals surface area contributed by atoms with Crippen molar-refractivity contribution in [3.05, 3.63) is 90.0 Å². The average molecular weight is 538 g/mol. The van der Waals surface area contributed by atoms with Crippen molar-refractivity contribution in [2.24, 2.45) is 0 Å². The van der Waals surface area contributed by atoms with Gasteiger partial charge in [0.15, 0.2) is 0 Å². The smallest absolute Gasteiger partial charge is 0.264 e. The molecule has 0 aliphatic heterocycles. The van der Waals surface area contributed by atoms with E-state index < -0.39 is 28.5 Å². The van der Waals surface area contributed by atoms with Crippen LogP contribution in [0.3, 0.4) is 0 Å². The lowest BCUT2D eigenvalue weighted by Gasteiger charge is -2.32. The number of methoxy groups -OCH3 is 1. The number of carbonyl (C=O) groups excluding carboxylic acids is 2. The zero-order valence-electron chi connectivity index (χ0n) is 22.4. The molecule has 0 spiro atoms. The average Bonchev–Trinajstić information content (AvgIpc) is 2.90. The fourth-order valence-electron chi connectivity index (χ4n) is 4.01. The van der Waals surface area contributed by atoms with E-state index in [4.69, 9.17) is 4.74 Å². The van der Waals surface area contributed by atoms with Crippen LogP contribution in [0.25, 0.3) is 0 Å². The fraction of sp³-hybridized carbons (Fsp3) is 0.310. The molecule has 1 N–H and O–H groups in total. The van der Waals surface area contributed by atoms with Gasteiger partial charge in [0, 0.05) is 18.7 Å². The molecule has 0 aliphatic rings. The minimum atomic E-state index is -4.12. The third-order valence-corrected chi connectivity index (χ3v) is 7.77. The molecule has 0 saturated carbocycles. The van der Waals surface area contributed by atoms with Gasteiger partial charge in [0.25, 0.3) is 10.0 Å². The monoisotopic (exact) mass is 537 g/mol. The minimum Gasteiger partial charge on any atom is -0.497 e. The fourth-order valence-corrected chi connectivity index (χ4v) is 5.44. The lowest BCUT2D eigenvalue weighted by Crippen LogP contribution is -2.52. The van der Waals surface area contributed by atoms with Gasteiger partial charge in [0.1, 0.15) is 18.3 Å². The van der Waals surface area contributed by atoms with Crippen molar-refractivity contribution in [3.63, 3.8) is 0 Å². The van der Waals surface area contributed by atoms with Crippen LogP contribution < -0.4 is 14.4 Å². The number of nitrogens with zero attached hydrogens (tertiary/aromatic N) is 2. The highest BCUT2D eigenvalue weighted by Gasteiger charge is 2.32. The van der Waals surface area contributed by atoms with Crippen molar-refractivity contribution in [2.45, 2.75) is 51.2 Å². The Hall–Kier alpha value is -3.85. The van der Waals surface area contributed by atoms with Crippen LogP contribution in [0.4, 0.5) is 5.69 Å². The summed E-state index contributed by atoms with van der Waals surface area (Å²) in [7, 11) is -2.64. The van der Waals surface area contributed by atoms with E-state index in [9.17, 15) is 18.0 Å². The Morgan fingerprint density at radius 2 is 1.61 bits per heavy atom. The molecule has 202 valence electrons. The molecule has 0 bridgehead atoms. The molecule has 0 radical (unpaired) electrons.